The zero-order chi connectivity index (χ0) is 20.5. The third-order valence-corrected chi connectivity index (χ3v) is 6.56. The van der Waals surface area contributed by atoms with Gasteiger partial charge in [-0.15, -0.1) is 0 Å². The lowest BCUT2D eigenvalue weighted by Crippen LogP contribution is -2.33. The van der Waals surface area contributed by atoms with Crippen LogP contribution >= 0.6 is 15.9 Å². The van der Waals surface area contributed by atoms with E-state index >= 15 is 0 Å². The molecule has 0 fully saturated rings. The van der Waals surface area contributed by atoms with Crippen LogP contribution in [0.25, 0.3) is 5.57 Å². The Morgan fingerprint density at radius 1 is 1.04 bits per heavy atom. The van der Waals surface area contributed by atoms with Gasteiger partial charge in [0.1, 0.15) is 0 Å². The minimum Gasteiger partial charge on any atom is -0.478 e. The van der Waals surface area contributed by atoms with Crippen molar-refractivity contribution in [1.29, 1.82) is 0 Å². The highest BCUT2D eigenvalue weighted by Crippen LogP contribution is 2.45. The van der Waals surface area contributed by atoms with Gasteiger partial charge in [0.25, 0.3) is 0 Å². The smallest absolute Gasteiger partial charge is 0.335 e. The summed E-state index contributed by atoms with van der Waals surface area (Å²) in [6, 6.07) is 14.3. The normalized spacial score (nSPS) is 17.8. The summed E-state index contributed by atoms with van der Waals surface area (Å²) in [6.07, 6.45) is 5.80. The monoisotopic (exact) mass is 440 g/mol. The molecule has 0 atom stereocenters. The summed E-state index contributed by atoms with van der Waals surface area (Å²) < 4.78 is 0.886. The first-order valence-corrected chi connectivity index (χ1v) is 10.7. The van der Waals surface area contributed by atoms with Crippen LogP contribution in [0, 0.1) is 0 Å². The van der Waals surface area contributed by atoms with Gasteiger partial charge in [-0.25, -0.2) is 4.79 Å². The van der Waals surface area contributed by atoms with Crippen molar-refractivity contribution in [3.63, 3.8) is 0 Å². The highest BCUT2D eigenvalue weighted by molar-refractivity contribution is 9.10. The lowest BCUT2D eigenvalue weighted by Gasteiger charge is -2.42. The molecule has 0 aliphatic heterocycles. The Labute approximate surface area is 176 Å². The van der Waals surface area contributed by atoms with E-state index < -0.39 is 5.97 Å². The van der Waals surface area contributed by atoms with Gasteiger partial charge in [0.05, 0.1) is 5.57 Å². The van der Waals surface area contributed by atoms with Crippen LogP contribution in [-0.2, 0) is 22.0 Å². The molecule has 0 spiro atoms. The van der Waals surface area contributed by atoms with Crippen LogP contribution in [0.1, 0.15) is 69.2 Å². The Balaban J connectivity index is 1.83. The van der Waals surface area contributed by atoms with Crippen molar-refractivity contribution >= 4 is 27.5 Å². The predicted molar refractivity (Wildman–Crippen MR) is 120 cm³/mol. The highest BCUT2D eigenvalue weighted by atomic mass is 79.9. The Kier molecular flexibility index (Phi) is 5.86. The molecule has 3 heteroatoms. The van der Waals surface area contributed by atoms with E-state index in [2.05, 4.69) is 61.8 Å². The Morgan fingerprint density at radius 2 is 1.71 bits per heavy atom. The fourth-order valence-electron chi connectivity index (χ4n) is 4.16. The zero-order valence-corrected chi connectivity index (χ0v) is 18.8. The molecule has 1 aliphatic carbocycles. The van der Waals surface area contributed by atoms with Gasteiger partial charge in [-0.2, -0.15) is 0 Å². The number of carboxylic acids is 1. The summed E-state index contributed by atoms with van der Waals surface area (Å²) in [6.45, 7) is 9.34. The summed E-state index contributed by atoms with van der Waals surface area (Å²) >= 11 is 3.42. The lowest BCUT2D eigenvalue weighted by molar-refractivity contribution is -0.130. The summed E-state index contributed by atoms with van der Waals surface area (Å²) in [4.78, 5) is 11.7. The molecule has 1 aliphatic rings. The third-order valence-electron chi connectivity index (χ3n) is 6.06. The van der Waals surface area contributed by atoms with Gasteiger partial charge in [0.15, 0.2) is 0 Å². The second kappa shape index (κ2) is 7.87. The minimum atomic E-state index is -0.883. The first-order chi connectivity index (χ1) is 13.1. The average Bonchev–Trinajstić information content (AvgIpc) is 2.62. The van der Waals surface area contributed by atoms with Gasteiger partial charge in [0.2, 0.25) is 0 Å². The number of carbonyl (C=O) groups is 1. The van der Waals surface area contributed by atoms with E-state index in [9.17, 15) is 9.90 Å². The quantitative estimate of drug-likeness (QED) is 0.513. The van der Waals surface area contributed by atoms with E-state index in [1.165, 1.54) is 29.5 Å². The number of rotatable bonds is 5. The topological polar surface area (TPSA) is 37.3 Å². The SMILES string of the molecule is CC1(C)CCC(C)(C)c2cc(CCC=C(C(=O)O)c3cccc(Br)c3)ccc21. The molecule has 3 rings (SSSR count). The molecule has 0 saturated heterocycles. The van der Waals surface area contributed by atoms with Crippen LogP contribution in [0.15, 0.2) is 53.0 Å². The van der Waals surface area contributed by atoms with Crippen molar-refractivity contribution in [3.05, 3.63) is 75.3 Å². The Bertz CT molecular complexity index is 922. The first-order valence-electron chi connectivity index (χ1n) is 9.93. The van der Waals surface area contributed by atoms with E-state index in [1.54, 1.807) is 0 Å². The molecule has 148 valence electrons. The maximum absolute atomic E-state index is 11.7. The summed E-state index contributed by atoms with van der Waals surface area (Å²) in [7, 11) is 0. The van der Waals surface area contributed by atoms with E-state index in [4.69, 9.17) is 0 Å². The molecule has 1 N–H and O–H groups in total. The van der Waals surface area contributed by atoms with Gasteiger partial charge in [-0.3, -0.25) is 0 Å². The molecule has 0 aromatic heterocycles. The second-order valence-corrected chi connectivity index (χ2v) is 10.0. The van der Waals surface area contributed by atoms with Crippen LogP contribution in [0.2, 0.25) is 0 Å². The molecule has 28 heavy (non-hydrogen) atoms. The number of benzene rings is 2. The van der Waals surface area contributed by atoms with Crippen molar-refractivity contribution in [2.45, 2.75) is 64.2 Å². The largest absolute Gasteiger partial charge is 0.478 e. The standard InChI is InChI=1S/C25H29BrO2/c1-24(2)13-14-25(3,4)22-15-17(11-12-21(22)24)7-5-10-20(23(27)28)18-8-6-9-19(26)16-18/h6,8-12,15-16H,5,7,13-14H2,1-4H3,(H,27,28). The van der Waals surface area contributed by atoms with Crippen molar-refractivity contribution in [1.82, 2.24) is 0 Å². The number of fused-ring (bicyclic) bond motifs is 1. The van der Waals surface area contributed by atoms with Gasteiger partial charge in [0, 0.05) is 4.47 Å². The van der Waals surface area contributed by atoms with Crippen LogP contribution in [0.4, 0.5) is 0 Å². The number of hydrogen-bond acceptors (Lipinski definition) is 1. The fraction of sp³-hybridized carbons (Fsp3) is 0.400. The van der Waals surface area contributed by atoms with Crippen LogP contribution < -0.4 is 0 Å². The van der Waals surface area contributed by atoms with E-state index in [1.807, 2.05) is 30.3 Å². The van der Waals surface area contributed by atoms with Crippen molar-refractivity contribution in [2.24, 2.45) is 0 Å². The maximum Gasteiger partial charge on any atom is 0.335 e. The molecule has 2 nitrogen and oxygen atoms in total. The maximum atomic E-state index is 11.7. The molecule has 0 bridgehead atoms. The highest BCUT2D eigenvalue weighted by Gasteiger charge is 2.36. The third kappa shape index (κ3) is 4.41. The number of allylic oxidation sites excluding steroid dienone is 1. The molecule has 0 unspecified atom stereocenters. The zero-order valence-electron chi connectivity index (χ0n) is 17.2. The van der Waals surface area contributed by atoms with E-state index in [-0.39, 0.29) is 10.8 Å². The number of halogens is 1. The molecule has 0 heterocycles. The number of carboxylic acid groups (broad SMARTS) is 1. The Morgan fingerprint density at radius 3 is 2.36 bits per heavy atom. The Hall–Kier alpha value is -1.87. The van der Waals surface area contributed by atoms with Crippen LogP contribution in [-0.4, -0.2) is 11.1 Å². The van der Waals surface area contributed by atoms with Crippen molar-refractivity contribution in [3.8, 4) is 0 Å². The van der Waals surface area contributed by atoms with Gasteiger partial charge in [-0.1, -0.05) is 80.0 Å². The molecular formula is C25H29BrO2. The molecular weight excluding hydrogens is 412 g/mol. The van der Waals surface area contributed by atoms with E-state index in [0.717, 1.165) is 16.5 Å². The van der Waals surface area contributed by atoms with Crippen LogP contribution in [0.3, 0.4) is 0 Å². The number of hydrogen-bond donors (Lipinski definition) is 1. The van der Waals surface area contributed by atoms with E-state index in [0.29, 0.717) is 12.0 Å². The van der Waals surface area contributed by atoms with Crippen molar-refractivity contribution < 1.29 is 9.90 Å². The molecule has 0 amide bonds. The average molecular weight is 441 g/mol. The number of aliphatic carboxylic acids is 1. The minimum absolute atomic E-state index is 0.194. The molecule has 0 radical (unpaired) electrons. The fourth-order valence-corrected chi connectivity index (χ4v) is 4.56. The van der Waals surface area contributed by atoms with Crippen LogP contribution in [0.5, 0.6) is 0 Å². The number of aryl methyl sites for hydroxylation is 1. The second-order valence-electron chi connectivity index (χ2n) is 9.12. The first kappa shape index (κ1) is 20.9. The summed E-state index contributed by atoms with van der Waals surface area (Å²) in [5.74, 6) is -0.883. The van der Waals surface area contributed by atoms with Gasteiger partial charge >= 0.3 is 5.97 Å². The summed E-state index contributed by atoms with van der Waals surface area (Å²) in [5, 5.41) is 9.62. The van der Waals surface area contributed by atoms with Gasteiger partial charge < -0.3 is 5.11 Å². The molecule has 2 aromatic carbocycles. The van der Waals surface area contributed by atoms with Gasteiger partial charge in [-0.05, 0) is 70.9 Å². The predicted octanol–water partition coefficient (Wildman–Crippen LogP) is 6.90. The van der Waals surface area contributed by atoms with Crippen molar-refractivity contribution in [2.75, 3.05) is 0 Å². The molecule has 0 saturated carbocycles. The lowest BCUT2D eigenvalue weighted by atomic mass is 9.63. The summed E-state index contributed by atoms with van der Waals surface area (Å²) in [5.41, 5.74) is 5.70. The molecule has 2 aromatic rings.